The summed E-state index contributed by atoms with van der Waals surface area (Å²) in [7, 11) is 0. The molecule has 0 unspecified atom stereocenters. The van der Waals surface area contributed by atoms with E-state index in [4.69, 9.17) is 0 Å². The van der Waals surface area contributed by atoms with Crippen LogP contribution in [0.1, 0.15) is 5.56 Å². The lowest BCUT2D eigenvalue weighted by atomic mass is 10.1. The fourth-order valence-electron chi connectivity index (χ4n) is 2.60. The van der Waals surface area contributed by atoms with Crippen LogP contribution in [-0.4, -0.2) is 53.3 Å². The average molecular weight is 311 g/mol. The number of nitrogens with zero attached hydrogens (tertiary/aromatic N) is 2. The minimum absolute atomic E-state index is 0.150. The van der Waals surface area contributed by atoms with E-state index < -0.39 is 0 Å². The van der Waals surface area contributed by atoms with Gasteiger partial charge < -0.3 is 14.8 Å². The molecule has 2 amide bonds. The van der Waals surface area contributed by atoms with Gasteiger partial charge in [-0.25, -0.2) is 0 Å². The number of hydrogen-bond acceptors (Lipinski definition) is 3. The second-order valence-corrected chi connectivity index (χ2v) is 5.44. The monoisotopic (exact) mass is 311 g/mol. The molecule has 1 saturated heterocycles. The number of rotatable bonds is 3. The second-order valence-electron chi connectivity index (χ2n) is 5.44. The van der Waals surface area contributed by atoms with Crippen molar-refractivity contribution in [2.45, 2.75) is 0 Å². The smallest absolute Gasteiger partial charge is 0.255 e. The lowest BCUT2D eigenvalue weighted by molar-refractivity contribution is -0.130. The summed E-state index contributed by atoms with van der Waals surface area (Å²) >= 11 is 0. The van der Waals surface area contributed by atoms with Crippen LogP contribution in [0, 0.1) is 0 Å². The van der Waals surface area contributed by atoms with E-state index in [9.17, 15) is 14.4 Å². The van der Waals surface area contributed by atoms with Crippen LogP contribution >= 0.6 is 0 Å². The fourth-order valence-corrected chi connectivity index (χ4v) is 2.60. The lowest BCUT2D eigenvalue weighted by Crippen LogP contribution is -2.47. The summed E-state index contributed by atoms with van der Waals surface area (Å²) in [5.74, 6) is -0.150. The minimum atomic E-state index is -0.224. The zero-order valence-corrected chi connectivity index (χ0v) is 12.6. The third-order valence-corrected chi connectivity index (χ3v) is 3.96. The summed E-state index contributed by atoms with van der Waals surface area (Å²) in [6.07, 6.45) is 3.75. The zero-order valence-electron chi connectivity index (χ0n) is 12.6. The molecule has 1 aliphatic rings. The Kier molecular flexibility index (Phi) is 4.23. The number of carbonyl (C=O) groups excluding carboxylic acids is 2. The SMILES string of the molecule is O=CN1CCN(C(=O)/C=C/c2cc3ccccc3[nH]c2=O)CC1. The number of piperazine rings is 1. The van der Waals surface area contributed by atoms with Crippen molar-refractivity contribution < 1.29 is 9.59 Å². The number of fused-ring (bicyclic) bond motifs is 1. The number of H-pyrrole nitrogens is 1. The van der Waals surface area contributed by atoms with Crippen LogP contribution in [0.5, 0.6) is 0 Å². The summed E-state index contributed by atoms with van der Waals surface area (Å²) in [6.45, 7) is 2.10. The van der Waals surface area contributed by atoms with Gasteiger partial charge in [0, 0.05) is 43.3 Å². The van der Waals surface area contributed by atoms with E-state index in [0.717, 1.165) is 17.3 Å². The number of pyridine rings is 1. The summed E-state index contributed by atoms with van der Waals surface area (Å²) in [6, 6.07) is 9.26. The molecule has 0 atom stereocenters. The molecule has 118 valence electrons. The maximum Gasteiger partial charge on any atom is 0.255 e. The molecule has 2 heterocycles. The van der Waals surface area contributed by atoms with Crippen molar-refractivity contribution >= 4 is 29.3 Å². The number of aromatic amines is 1. The van der Waals surface area contributed by atoms with Gasteiger partial charge in [-0.2, -0.15) is 0 Å². The van der Waals surface area contributed by atoms with Crippen molar-refractivity contribution in [1.29, 1.82) is 0 Å². The molecule has 2 aromatic rings. The molecule has 23 heavy (non-hydrogen) atoms. The Bertz CT molecular complexity index is 817. The van der Waals surface area contributed by atoms with Crippen molar-refractivity contribution in [2.75, 3.05) is 26.2 Å². The molecule has 0 saturated carbocycles. The van der Waals surface area contributed by atoms with E-state index in [-0.39, 0.29) is 11.5 Å². The van der Waals surface area contributed by atoms with Gasteiger partial charge in [-0.05, 0) is 23.6 Å². The number of para-hydroxylation sites is 1. The van der Waals surface area contributed by atoms with E-state index >= 15 is 0 Å². The van der Waals surface area contributed by atoms with Crippen molar-refractivity contribution in [3.63, 3.8) is 0 Å². The average Bonchev–Trinajstić information content (AvgIpc) is 2.59. The summed E-state index contributed by atoms with van der Waals surface area (Å²) in [4.78, 5) is 41.0. The van der Waals surface area contributed by atoms with Gasteiger partial charge in [-0.15, -0.1) is 0 Å². The van der Waals surface area contributed by atoms with E-state index in [1.807, 2.05) is 24.3 Å². The van der Waals surface area contributed by atoms with Crippen molar-refractivity contribution in [2.24, 2.45) is 0 Å². The van der Waals surface area contributed by atoms with Gasteiger partial charge in [-0.1, -0.05) is 18.2 Å². The molecule has 0 spiro atoms. The van der Waals surface area contributed by atoms with Gasteiger partial charge in [0.05, 0.1) is 0 Å². The van der Waals surface area contributed by atoms with Crippen molar-refractivity contribution in [1.82, 2.24) is 14.8 Å². The van der Waals surface area contributed by atoms with Crippen LogP contribution in [0.25, 0.3) is 17.0 Å². The van der Waals surface area contributed by atoms with E-state index in [0.29, 0.717) is 31.7 Å². The van der Waals surface area contributed by atoms with Crippen LogP contribution in [0.4, 0.5) is 0 Å². The van der Waals surface area contributed by atoms with Gasteiger partial charge in [0.25, 0.3) is 5.56 Å². The molecular formula is C17H17N3O3. The highest BCUT2D eigenvalue weighted by Crippen LogP contribution is 2.11. The van der Waals surface area contributed by atoms with Gasteiger partial charge in [0.2, 0.25) is 12.3 Å². The number of hydrogen-bond donors (Lipinski definition) is 1. The fraction of sp³-hybridized carbons (Fsp3) is 0.235. The van der Waals surface area contributed by atoms with Crippen molar-refractivity contribution in [3.05, 3.63) is 52.3 Å². The Morgan fingerprint density at radius 1 is 1.13 bits per heavy atom. The molecule has 0 bridgehead atoms. The predicted molar refractivity (Wildman–Crippen MR) is 87.8 cm³/mol. The molecule has 0 aliphatic carbocycles. The minimum Gasteiger partial charge on any atom is -0.342 e. The Hall–Kier alpha value is -2.89. The number of nitrogens with one attached hydrogen (secondary N) is 1. The van der Waals surface area contributed by atoms with Crippen LogP contribution in [0.2, 0.25) is 0 Å². The van der Waals surface area contributed by atoms with Crippen LogP contribution < -0.4 is 5.56 Å². The summed E-state index contributed by atoms with van der Waals surface area (Å²) in [5.41, 5.74) is 0.994. The van der Waals surface area contributed by atoms with Gasteiger partial charge in [0.1, 0.15) is 0 Å². The van der Waals surface area contributed by atoms with Crippen LogP contribution in [-0.2, 0) is 9.59 Å². The first-order valence-electron chi connectivity index (χ1n) is 7.46. The standard InChI is InChI=1S/C17H17N3O3/c21-12-19-7-9-20(10-8-19)16(22)6-5-14-11-13-3-1-2-4-15(13)18-17(14)23/h1-6,11-12H,7-10H2,(H,18,23)/b6-5+. The van der Waals surface area contributed by atoms with Gasteiger partial charge in [0.15, 0.2) is 0 Å². The Morgan fingerprint density at radius 2 is 1.87 bits per heavy atom. The molecule has 1 N–H and O–H groups in total. The van der Waals surface area contributed by atoms with Crippen LogP contribution in [0.3, 0.4) is 0 Å². The zero-order chi connectivity index (χ0) is 16.2. The van der Waals surface area contributed by atoms with E-state index in [1.165, 1.54) is 6.08 Å². The first kappa shape index (κ1) is 15.0. The quantitative estimate of drug-likeness (QED) is 0.674. The Labute approximate surface area is 133 Å². The second kappa shape index (κ2) is 6.48. The highest BCUT2D eigenvalue weighted by Gasteiger charge is 2.18. The Morgan fingerprint density at radius 3 is 2.61 bits per heavy atom. The maximum atomic E-state index is 12.2. The molecule has 0 radical (unpaired) electrons. The number of amides is 2. The summed E-state index contributed by atoms with van der Waals surface area (Å²) in [5, 5.41) is 0.916. The third-order valence-electron chi connectivity index (χ3n) is 3.96. The number of benzene rings is 1. The highest BCUT2D eigenvalue weighted by molar-refractivity contribution is 5.92. The molecule has 6 nitrogen and oxygen atoms in total. The van der Waals surface area contributed by atoms with Gasteiger partial charge in [-0.3, -0.25) is 14.4 Å². The normalized spacial score (nSPS) is 15.3. The third kappa shape index (κ3) is 3.31. The predicted octanol–water partition coefficient (Wildman–Crippen LogP) is 0.842. The summed E-state index contributed by atoms with van der Waals surface area (Å²) < 4.78 is 0. The van der Waals surface area contributed by atoms with Crippen molar-refractivity contribution in [3.8, 4) is 0 Å². The molecule has 1 aromatic carbocycles. The molecule has 1 fully saturated rings. The largest absolute Gasteiger partial charge is 0.342 e. The molecular weight excluding hydrogens is 294 g/mol. The number of aromatic nitrogens is 1. The topological polar surface area (TPSA) is 73.5 Å². The lowest BCUT2D eigenvalue weighted by Gasteiger charge is -2.31. The first-order chi connectivity index (χ1) is 11.2. The van der Waals surface area contributed by atoms with E-state index in [2.05, 4.69) is 4.98 Å². The molecule has 1 aliphatic heterocycles. The maximum absolute atomic E-state index is 12.2. The first-order valence-corrected chi connectivity index (χ1v) is 7.46. The number of carbonyl (C=O) groups is 2. The van der Waals surface area contributed by atoms with E-state index in [1.54, 1.807) is 21.9 Å². The Balaban J connectivity index is 1.75. The highest BCUT2D eigenvalue weighted by atomic mass is 16.2. The van der Waals surface area contributed by atoms with Gasteiger partial charge >= 0.3 is 0 Å². The molecule has 6 heteroatoms. The molecule has 1 aromatic heterocycles. The molecule has 3 rings (SSSR count). The van der Waals surface area contributed by atoms with Crippen LogP contribution in [0.15, 0.2) is 41.2 Å².